The second-order valence-electron chi connectivity index (χ2n) is 4.00. The third kappa shape index (κ3) is 4.30. The highest BCUT2D eigenvalue weighted by molar-refractivity contribution is 5.94. The zero-order chi connectivity index (χ0) is 12.8. The van der Waals surface area contributed by atoms with Gasteiger partial charge in [-0.2, -0.15) is 0 Å². The van der Waals surface area contributed by atoms with E-state index in [2.05, 4.69) is 5.32 Å². The number of rotatable bonds is 6. The van der Waals surface area contributed by atoms with Crippen molar-refractivity contribution in [3.63, 3.8) is 0 Å². The van der Waals surface area contributed by atoms with Crippen LogP contribution in [0.4, 0.5) is 0 Å². The molecule has 5 heteroatoms. The van der Waals surface area contributed by atoms with Gasteiger partial charge in [0, 0.05) is 6.04 Å². The number of hydrogen-bond acceptors (Lipinski definition) is 3. The lowest BCUT2D eigenvalue weighted by molar-refractivity contribution is -0.137. The number of aryl methyl sites for hydroxylation is 1. The maximum Gasteiger partial charge on any atom is 0.305 e. The second kappa shape index (κ2) is 6.08. The van der Waals surface area contributed by atoms with Crippen LogP contribution in [0.2, 0.25) is 0 Å². The Morgan fingerprint density at radius 1 is 1.53 bits per heavy atom. The summed E-state index contributed by atoms with van der Waals surface area (Å²) in [5, 5.41) is 11.4. The van der Waals surface area contributed by atoms with Crippen molar-refractivity contribution in [1.29, 1.82) is 0 Å². The van der Waals surface area contributed by atoms with E-state index in [4.69, 9.17) is 9.52 Å². The molecule has 0 aliphatic carbocycles. The molecule has 1 atom stereocenters. The van der Waals surface area contributed by atoms with E-state index in [1.807, 2.05) is 6.92 Å². The minimum atomic E-state index is -0.910. The van der Waals surface area contributed by atoms with Crippen LogP contribution in [-0.4, -0.2) is 23.0 Å². The van der Waals surface area contributed by atoms with Crippen molar-refractivity contribution in [2.24, 2.45) is 0 Å². The number of amides is 1. The Morgan fingerprint density at radius 3 is 2.71 bits per heavy atom. The van der Waals surface area contributed by atoms with Crippen molar-refractivity contribution in [3.05, 3.63) is 23.7 Å². The SMILES string of the molecule is CCCC(CC(=O)O)NC(=O)c1coc(C)c1. The van der Waals surface area contributed by atoms with Gasteiger partial charge in [0.1, 0.15) is 12.0 Å². The summed E-state index contributed by atoms with van der Waals surface area (Å²) in [6.07, 6.45) is 2.78. The lowest BCUT2D eigenvalue weighted by Crippen LogP contribution is -2.36. The molecule has 2 N–H and O–H groups in total. The summed E-state index contributed by atoms with van der Waals surface area (Å²) in [6, 6.07) is 1.29. The van der Waals surface area contributed by atoms with Crippen LogP contribution in [-0.2, 0) is 4.79 Å². The average Bonchev–Trinajstić information content (AvgIpc) is 2.64. The Balaban J connectivity index is 2.60. The summed E-state index contributed by atoms with van der Waals surface area (Å²) in [6.45, 7) is 3.69. The van der Waals surface area contributed by atoms with Crippen LogP contribution in [0.15, 0.2) is 16.7 Å². The number of carbonyl (C=O) groups excluding carboxylic acids is 1. The number of carboxylic acids is 1. The molecule has 1 aromatic rings. The molecule has 0 saturated carbocycles. The highest BCUT2D eigenvalue weighted by Crippen LogP contribution is 2.08. The number of carbonyl (C=O) groups is 2. The molecule has 1 amide bonds. The smallest absolute Gasteiger partial charge is 0.305 e. The average molecular weight is 239 g/mol. The highest BCUT2D eigenvalue weighted by atomic mass is 16.4. The summed E-state index contributed by atoms with van der Waals surface area (Å²) in [5.41, 5.74) is 0.425. The van der Waals surface area contributed by atoms with E-state index in [1.54, 1.807) is 13.0 Å². The molecule has 0 bridgehead atoms. The van der Waals surface area contributed by atoms with Gasteiger partial charge in [0.25, 0.3) is 5.91 Å². The van der Waals surface area contributed by atoms with Crippen LogP contribution in [0.25, 0.3) is 0 Å². The van der Waals surface area contributed by atoms with Crippen LogP contribution in [0.1, 0.15) is 42.3 Å². The first kappa shape index (κ1) is 13.3. The molecule has 0 radical (unpaired) electrons. The molecule has 0 spiro atoms. The molecule has 94 valence electrons. The van der Waals surface area contributed by atoms with Gasteiger partial charge < -0.3 is 14.8 Å². The fourth-order valence-electron chi connectivity index (χ4n) is 1.62. The molecule has 0 saturated heterocycles. The second-order valence-corrected chi connectivity index (χ2v) is 4.00. The third-order valence-corrected chi connectivity index (χ3v) is 2.39. The van der Waals surface area contributed by atoms with Crippen molar-refractivity contribution < 1.29 is 19.1 Å². The van der Waals surface area contributed by atoms with E-state index in [1.165, 1.54) is 6.26 Å². The minimum absolute atomic E-state index is 0.0591. The Kier molecular flexibility index (Phi) is 4.75. The fourth-order valence-corrected chi connectivity index (χ4v) is 1.62. The van der Waals surface area contributed by atoms with Gasteiger partial charge in [0.05, 0.1) is 12.0 Å². The van der Waals surface area contributed by atoms with Gasteiger partial charge in [0.15, 0.2) is 0 Å². The highest BCUT2D eigenvalue weighted by Gasteiger charge is 2.17. The minimum Gasteiger partial charge on any atom is -0.481 e. The molecular weight excluding hydrogens is 222 g/mol. The Hall–Kier alpha value is -1.78. The molecule has 0 aromatic carbocycles. The first-order valence-electron chi connectivity index (χ1n) is 5.60. The molecule has 1 rings (SSSR count). The van der Waals surface area contributed by atoms with Gasteiger partial charge in [-0.15, -0.1) is 0 Å². The van der Waals surface area contributed by atoms with Gasteiger partial charge in [0.2, 0.25) is 0 Å². The molecule has 1 unspecified atom stereocenters. The van der Waals surface area contributed by atoms with Gasteiger partial charge in [-0.3, -0.25) is 9.59 Å². The number of hydrogen-bond donors (Lipinski definition) is 2. The fraction of sp³-hybridized carbons (Fsp3) is 0.500. The zero-order valence-electron chi connectivity index (χ0n) is 10.0. The molecule has 17 heavy (non-hydrogen) atoms. The molecule has 0 aliphatic rings. The van der Waals surface area contributed by atoms with E-state index in [0.29, 0.717) is 17.7 Å². The maximum absolute atomic E-state index is 11.8. The Bertz CT molecular complexity index is 397. The molecule has 0 aliphatic heterocycles. The van der Waals surface area contributed by atoms with E-state index in [0.717, 1.165) is 6.42 Å². The quantitative estimate of drug-likeness (QED) is 0.795. The molecule has 5 nitrogen and oxygen atoms in total. The van der Waals surface area contributed by atoms with Gasteiger partial charge in [-0.05, 0) is 19.4 Å². The van der Waals surface area contributed by atoms with Crippen LogP contribution >= 0.6 is 0 Å². The van der Waals surface area contributed by atoms with E-state index in [-0.39, 0.29) is 18.4 Å². The normalized spacial score (nSPS) is 12.1. The summed E-state index contributed by atoms with van der Waals surface area (Å²) in [4.78, 5) is 22.4. The largest absolute Gasteiger partial charge is 0.481 e. The summed E-state index contributed by atoms with van der Waals surface area (Å²) >= 11 is 0. The summed E-state index contributed by atoms with van der Waals surface area (Å²) < 4.78 is 5.03. The maximum atomic E-state index is 11.8. The van der Waals surface area contributed by atoms with E-state index >= 15 is 0 Å². The first-order valence-corrected chi connectivity index (χ1v) is 5.60. The standard InChI is InChI=1S/C12H17NO4/c1-3-4-10(6-11(14)15)13-12(16)9-5-8(2)17-7-9/h5,7,10H,3-4,6H2,1-2H3,(H,13,16)(H,14,15). The molecule has 0 fully saturated rings. The zero-order valence-corrected chi connectivity index (χ0v) is 10.0. The monoisotopic (exact) mass is 239 g/mol. The van der Waals surface area contributed by atoms with Crippen molar-refractivity contribution in [1.82, 2.24) is 5.32 Å². The predicted octanol–water partition coefficient (Wildman–Crippen LogP) is 1.96. The number of nitrogens with one attached hydrogen (secondary N) is 1. The topological polar surface area (TPSA) is 79.5 Å². The van der Waals surface area contributed by atoms with Crippen molar-refractivity contribution >= 4 is 11.9 Å². The summed E-state index contributed by atoms with van der Waals surface area (Å²) in [7, 11) is 0. The van der Waals surface area contributed by atoms with Crippen molar-refractivity contribution in [3.8, 4) is 0 Å². The van der Waals surface area contributed by atoms with Gasteiger partial charge >= 0.3 is 5.97 Å². The van der Waals surface area contributed by atoms with Crippen LogP contribution in [0.5, 0.6) is 0 Å². The number of aliphatic carboxylic acids is 1. The molecule has 1 aromatic heterocycles. The predicted molar refractivity (Wildman–Crippen MR) is 61.9 cm³/mol. The van der Waals surface area contributed by atoms with Gasteiger partial charge in [-0.25, -0.2) is 0 Å². The van der Waals surface area contributed by atoms with E-state index < -0.39 is 5.97 Å². The molecule has 1 heterocycles. The van der Waals surface area contributed by atoms with Crippen LogP contribution in [0, 0.1) is 6.92 Å². The van der Waals surface area contributed by atoms with Crippen LogP contribution < -0.4 is 5.32 Å². The number of carboxylic acid groups (broad SMARTS) is 1. The Morgan fingerprint density at radius 2 is 2.24 bits per heavy atom. The summed E-state index contributed by atoms with van der Waals surface area (Å²) in [5.74, 6) is -0.547. The third-order valence-electron chi connectivity index (χ3n) is 2.39. The van der Waals surface area contributed by atoms with Crippen molar-refractivity contribution in [2.75, 3.05) is 0 Å². The van der Waals surface area contributed by atoms with Crippen molar-refractivity contribution in [2.45, 2.75) is 39.2 Å². The first-order chi connectivity index (χ1) is 8.02. The lowest BCUT2D eigenvalue weighted by Gasteiger charge is -2.15. The van der Waals surface area contributed by atoms with Gasteiger partial charge in [-0.1, -0.05) is 13.3 Å². The lowest BCUT2D eigenvalue weighted by atomic mass is 10.1. The van der Waals surface area contributed by atoms with Crippen LogP contribution in [0.3, 0.4) is 0 Å². The molecular formula is C12H17NO4. The number of furan rings is 1. The Labute approximate surface area is 99.8 Å². The van der Waals surface area contributed by atoms with E-state index in [9.17, 15) is 9.59 Å².